The molecule has 0 aliphatic carbocycles. The van der Waals surface area contributed by atoms with Crippen molar-refractivity contribution in [1.29, 1.82) is 0 Å². The van der Waals surface area contributed by atoms with Gasteiger partial charge in [-0.05, 0) is 24.6 Å². The van der Waals surface area contributed by atoms with Crippen molar-refractivity contribution in [3.05, 3.63) is 72.4 Å². The van der Waals surface area contributed by atoms with Gasteiger partial charge in [-0.2, -0.15) is 10.1 Å². The predicted molar refractivity (Wildman–Crippen MR) is 96.5 cm³/mol. The van der Waals surface area contributed by atoms with Crippen LogP contribution in [-0.4, -0.2) is 29.5 Å². The largest absolute Gasteiger partial charge is 0.337 e. The van der Waals surface area contributed by atoms with Gasteiger partial charge in [-0.3, -0.25) is 4.68 Å². The molecule has 1 atom stereocenters. The van der Waals surface area contributed by atoms with E-state index in [4.69, 9.17) is 4.52 Å². The normalized spacial score (nSPS) is 12.4. The van der Waals surface area contributed by atoms with E-state index in [1.54, 1.807) is 12.4 Å². The van der Waals surface area contributed by atoms with Crippen LogP contribution in [0.4, 0.5) is 0 Å². The fraction of sp³-hybridized carbons (Fsp3) is 0.263. The number of aromatic nitrogens is 6. The van der Waals surface area contributed by atoms with Crippen LogP contribution in [0.5, 0.6) is 0 Å². The fourth-order valence-electron chi connectivity index (χ4n) is 2.94. The van der Waals surface area contributed by atoms with E-state index in [1.807, 2.05) is 43.1 Å². The minimum absolute atomic E-state index is 0.0879. The van der Waals surface area contributed by atoms with E-state index in [0.29, 0.717) is 5.89 Å². The van der Waals surface area contributed by atoms with Crippen molar-refractivity contribution in [2.24, 2.45) is 0 Å². The van der Waals surface area contributed by atoms with E-state index >= 15 is 0 Å². The average molecular weight is 348 g/mol. The Morgan fingerprint density at radius 2 is 2.08 bits per heavy atom. The molecular formula is C19H20N6O. The van der Waals surface area contributed by atoms with E-state index in [0.717, 1.165) is 30.2 Å². The molecule has 4 aromatic rings. The molecule has 3 heterocycles. The minimum Gasteiger partial charge on any atom is -0.337 e. The lowest BCUT2D eigenvalue weighted by molar-refractivity contribution is 0.343. The van der Waals surface area contributed by atoms with Crippen LogP contribution in [0.15, 0.2) is 59.6 Å². The summed E-state index contributed by atoms with van der Waals surface area (Å²) in [5, 5.41) is 8.26. The van der Waals surface area contributed by atoms with E-state index < -0.39 is 0 Å². The van der Waals surface area contributed by atoms with Gasteiger partial charge < -0.3 is 9.09 Å². The third-order valence-electron chi connectivity index (χ3n) is 4.33. The molecular weight excluding hydrogens is 328 g/mol. The summed E-state index contributed by atoms with van der Waals surface area (Å²) < 4.78 is 9.36. The quantitative estimate of drug-likeness (QED) is 0.534. The maximum atomic E-state index is 5.40. The first-order valence-corrected chi connectivity index (χ1v) is 8.66. The Hall–Kier alpha value is -3.22. The van der Waals surface area contributed by atoms with Crippen molar-refractivity contribution in [3.8, 4) is 11.4 Å². The van der Waals surface area contributed by atoms with Gasteiger partial charge in [-0.1, -0.05) is 30.3 Å². The third-order valence-corrected chi connectivity index (χ3v) is 4.33. The number of hydrogen-bond acceptors (Lipinski definition) is 5. The highest BCUT2D eigenvalue weighted by atomic mass is 16.5. The molecule has 0 bridgehead atoms. The summed E-state index contributed by atoms with van der Waals surface area (Å²) in [5.74, 6) is 2.18. The zero-order valence-electron chi connectivity index (χ0n) is 14.8. The molecule has 26 heavy (non-hydrogen) atoms. The lowest BCUT2D eigenvalue weighted by Gasteiger charge is -2.13. The number of nitrogens with zero attached hydrogens (tertiary/aromatic N) is 6. The van der Waals surface area contributed by atoms with Gasteiger partial charge in [-0.15, -0.1) is 0 Å². The van der Waals surface area contributed by atoms with Gasteiger partial charge >= 0.3 is 0 Å². The summed E-state index contributed by atoms with van der Waals surface area (Å²) in [6.07, 6.45) is 8.23. The SMILES string of the molecule is CCc1noc([C@@H](C)n2ccnc2-c2cccc(Cn3cccn3)c2)n1. The first-order valence-electron chi connectivity index (χ1n) is 8.66. The lowest BCUT2D eigenvalue weighted by Crippen LogP contribution is -2.08. The standard InChI is InChI=1S/C19H20N6O/c1-3-17-22-19(26-23-17)14(2)25-11-9-20-18(25)16-7-4-6-15(12-16)13-24-10-5-8-21-24/h4-12,14H,3,13H2,1-2H3/t14-/m1/s1. The highest BCUT2D eigenvalue weighted by molar-refractivity contribution is 5.57. The maximum absolute atomic E-state index is 5.40. The summed E-state index contributed by atoms with van der Waals surface area (Å²) in [5.41, 5.74) is 2.21. The number of imidazole rings is 1. The Morgan fingerprint density at radius 1 is 1.15 bits per heavy atom. The summed E-state index contributed by atoms with van der Waals surface area (Å²) in [4.78, 5) is 9.00. The Balaban J connectivity index is 1.64. The molecule has 0 spiro atoms. The van der Waals surface area contributed by atoms with Gasteiger partial charge in [-0.25, -0.2) is 4.98 Å². The van der Waals surface area contributed by atoms with Gasteiger partial charge in [0.25, 0.3) is 0 Å². The average Bonchev–Trinajstić information content (AvgIpc) is 3.42. The van der Waals surface area contributed by atoms with Crippen LogP contribution < -0.4 is 0 Å². The van der Waals surface area contributed by atoms with Crippen LogP contribution in [0, 0.1) is 0 Å². The molecule has 0 saturated carbocycles. The van der Waals surface area contributed by atoms with Gasteiger partial charge in [0.15, 0.2) is 5.82 Å². The van der Waals surface area contributed by atoms with Crippen molar-refractivity contribution in [1.82, 2.24) is 29.5 Å². The van der Waals surface area contributed by atoms with Crippen molar-refractivity contribution in [2.75, 3.05) is 0 Å². The molecule has 3 aromatic heterocycles. The second-order valence-corrected chi connectivity index (χ2v) is 6.14. The molecule has 7 heteroatoms. The molecule has 0 radical (unpaired) electrons. The predicted octanol–water partition coefficient (Wildman–Crippen LogP) is 3.35. The summed E-state index contributed by atoms with van der Waals surface area (Å²) >= 11 is 0. The highest BCUT2D eigenvalue weighted by Crippen LogP contribution is 2.25. The Kier molecular flexibility index (Phi) is 4.35. The molecule has 7 nitrogen and oxygen atoms in total. The van der Waals surface area contributed by atoms with E-state index in [1.165, 1.54) is 5.56 Å². The molecule has 0 amide bonds. The molecule has 0 fully saturated rings. The number of benzene rings is 1. The van der Waals surface area contributed by atoms with E-state index in [-0.39, 0.29) is 6.04 Å². The van der Waals surface area contributed by atoms with Crippen molar-refractivity contribution >= 4 is 0 Å². The van der Waals surface area contributed by atoms with Crippen molar-refractivity contribution in [2.45, 2.75) is 32.9 Å². The molecule has 1 aromatic carbocycles. The number of aryl methyl sites for hydroxylation is 1. The van der Waals surface area contributed by atoms with Crippen LogP contribution in [0.3, 0.4) is 0 Å². The molecule has 0 aliphatic heterocycles. The second kappa shape index (κ2) is 6.95. The van der Waals surface area contributed by atoms with Crippen molar-refractivity contribution < 1.29 is 4.52 Å². The van der Waals surface area contributed by atoms with Crippen LogP contribution >= 0.6 is 0 Å². The smallest absolute Gasteiger partial charge is 0.249 e. The summed E-state index contributed by atoms with van der Waals surface area (Å²) in [6.45, 7) is 4.76. The highest BCUT2D eigenvalue weighted by Gasteiger charge is 2.19. The Labute approximate surface area is 151 Å². The fourth-order valence-corrected chi connectivity index (χ4v) is 2.94. The van der Waals surface area contributed by atoms with Crippen LogP contribution in [0.2, 0.25) is 0 Å². The van der Waals surface area contributed by atoms with Gasteiger partial charge in [0.2, 0.25) is 5.89 Å². The lowest BCUT2D eigenvalue weighted by atomic mass is 10.1. The van der Waals surface area contributed by atoms with Crippen LogP contribution in [-0.2, 0) is 13.0 Å². The Morgan fingerprint density at radius 3 is 2.85 bits per heavy atom. The molecule has 0 aliphatic rings. The maximum Gasteiger partial charge on any atom is 0.249 e. The second-order valence-electron chi connectivity index (χ2n) is 6.14. The number of hydrogen-bond donors (Lipinski definition) is 0. The third kappa shape index (κ3) is 3.15. The molecule has 4 rings (SSSR count). The number of rotatable bonds is 6. The molecule has 0 saturated heterocycles. The van der Waals surface area contributed by atoms with Crippen molar-refractivity contribution in [3.63, 3.8) is 0 Å². The van der Waals surface area contributed by atoms with Crippen LogP contribution in [0.1, 0.15) is 37.2 Å². The van der Waals surface area contributed by atoms with Gasteiger partial charge in [0, 0.05) is 36.8 Å². The van der Waals surface area contributed by atoms with E-state index in [2.05, 4.69) is 43.0 Å². The topological polar surface area (TPSA) is 74.6 Å². The summed E-state index contributed by atoms with van der Waals surface area (Å²) in [6, 6.07) is 10.2. The van der Waals surface area contributed by atoms with Gasteiger partial charge in [0.05, 0.1) is 6.54 Å². The zero-order chi connectivity index (χ0) is 17.9. The van der Waals surface area contributed by atoms with E-state index in [9.17, 15) is 0 Å². The Bertz CT molecular complexity index is 985. The molecule has 0 N–H and O–H groups in total. The molecule has 132 valence electrons. The zero-order valence-corrected chi connectivity index (χ0v) is 14.8. The molecule has 0 unspecified atom stereocenters. The first-order chi connectivity index (χ1) is 12.7. The summed E-state index contributed by atoms with van der Waals surface area (Å²) in [7, 11) is 0. The first kappa shape index (κ1) is 16.3. The minimum atomic E-state index is -0.0879. The monoisotopic (exact) mass is 348 g/mol. The van der Waals surface area contributed by atoms with Crippen LogP contribution in [0.25, 0.3) is 11.4 Å². The van der Waals surface area contributed by atoms with Gasteiger partial charge in [0.1, 0.15) is 11.9 Å².